The summed E-state index contributed by atoms with van der Waals surface area (Å²) in [5.41, 5.74) is 6.51. The van der Waals surface area contributed by atoms with Gasteiger partial charge in [0, 0.05) is 11.8 Å². The van der Waals surface area contributed by atoms with E-state index in [-0.39, 0.29) is 46.2 Å². The molecule has 1 amide bonds. The molecule has 0 aliphatic carbocycles. The van der Waals surface area contributed by atoms with E-state index < -0.39 is 33.3 Å². The van der Waals surface area contributed by atoms with Gasteiger partial charge in [0.15, 0.2) is 17.5 Å². The predicted molar refractivity (Wildman–Crippen MR) is 134 cm³/mol. The molecule has 2 aromatic heterocycles. The maximum atomic E-state index is 13.6. The van der Waals surface area contributed by atoms with Gasteiger partial charge in [0.05, 0.1) is 11.4 Å². The van der Waals surface area contributed by atoms with E-state index in [1.165, 1.54) is 18.2 Å². The van der Waals surface area contributed by atoms with Gasteiger partial charge in [0.2, 0.25) is 0 Å². The maximum Gasteiger partial charge on any atom is 0.355 e. The number of nitrogens with one attached hydrogen (secondary N) is 3. The number of anilines is 3. The summed E-state index contributed by atoms with van der Waals surface area (Å²) in [5.74, 6) is -6.70. The van der Waals surface area contributed by atoms with Gasteiger partial charge in [-0.05, 0) is 48.4 Å². The number of carbonyl (C=O) groups excluding carboxylic acids is 1. The Labute approximate surface area is 219 Å². The second kappa shape index (κ2) is 11.0. The fraction of sp³-hybridized carbons (Fsp3) is 0.125. The van der Waals surface area contributed by atoms with Crippen LogP contribution < -0.4 is 20.5 Å². The number of alkyl halides is 2. The van der Waals surface area contributed by atoms with Crippen LogP contribution in [0.2, 0.25) is 0 Å². The number of halogens is 4. The van der Waals surface area contributed by atoms with Crippen LogP contribution in [0.3, 0.4) is 0 Å². The predicted octanol–water partition coefficient (Wildman–Crippen LogP) is 4.44. The zero-order chi connectivity index (χ0) is 28.3. The first kappa shape index (κ1) is 27.4. The number of benzene rings is 2. The SMILES string of the molecule is Cc1ccc(Nc2n[nH]c(-c3ccc(NS(=O)(=O)C(F)F)c(OCc4ccc(F)c(F)c4)c3)c2C(N)=O)nc1. The standard InChI is InChI=1S/C24H20F4N6O4S/c1-12-2-7-19(30-10-12)31-23-20(22(29)35)21(32-33-23)14-4-6-17(34-39(36,37)24(27)28)18(9-14)38-11-13-3-5-15(25)16(26)8-13/h2-10,24,34H,11H2,1H3,(H2,29,35)(H2,30,31,32,33). The van der Waals surface area contributed by atoms with Gasteiger partial charge in [0.1, 0.15) is 23.7 Å². The van der Waals surface area contributed by atoms with Crippen LogP contribution in [-0.2, 0) is 16.6 Å². The van der Waals surface area contributed by atoms with Gasteiger partial charge < -0.3 is 15.8 Å². The van der Waals surface area contributed by atoms with E-state index >= 15 is 0 Å². The number of rotatable bonds is 10. The smallest absolute Gasteiger partial charge is 0.355 e. The molecule has 4 aromatic rings. The Morgan fingerprint density at radius 2 is 1.87 bits per heavy atom. The monoisotopic (exact) mass is 564 g/mol. The average Bonchev–Trinajstić information content (AvgIpc) is 3.30. The number of aryl methyl sites for hydroxylation is 1. The lowest BCUT2D eigenvalue weighted by Crippen LogP contribution is -2.21. The molecule has 0 radical (unpaired) electrons. The Balaban J connectivity index is 1.72. The van der Waals surface area contributed by atoms with Crippen molar-refractivity contribution in [2.24, 2.45) is 5.73 Å². The lowest BCUT2D eigenvalue weighted by Gasteiger charge is -2.15. The van der Waals surface area contributed by atoms with Gasteiger partial charge in [-0.2, -0.15) is 13.9 Å². The Bertz CT molecular complexity index is 1630. The summed E-state index contributed by atoms with van der Waals surface area (Å²) in [6.07, 6.45) is 1.59. The van der Waals surface area contributed by atoms with Crippen LogP contribution in [0.5, 0.6) is 5.75 Å². The largest absolute Gasteiger partial charge is 0.487 e. The Morgan fingerprint density at radius 1 is 1.10 bits per heavy atom. The van der Waals surface area contributed by atoms with Gasteiger partial charge >= 0.3 is 5.76 Å². The molecule has 0 atom stereocenters. The molecule has 0 unspecified atom stereocenters. The summed E-state index contributed by atoms with van der Waals surface area (Å²) in [6, 6.07) is 10.0. The third-order valence-electron chi connectivity index (χ3n) is 5.31. The Morgan fingerprint density at radius 3 is 2.51 bits per heavy atom. The highest BCUT2D eigenvalue weighted by Gasteiger charge is 2.26. The molecule has 2 heterocycles. The number of H-pyrrole nitrogens is 1. The van der Waals surface area contributed by atoms with Crippen LogP contribution >= 0.6 is 0 Å². The van der Waals surface area contributed by atoms with Crippen LogP contribution in [0.4, 0.5) is 34.9 Å². The molecule has 10 nitrogen and oxygen atoms in total. The highest BCUT2D eigenvalue weighted by molar-refractivity contribution is 7.93. The number of nitrogens with two attached hydrogens (primary N) is 1. The molecule has 0 spiro atoms. The second-order valence-electron chi connectivity index (χ2n) is 8.19. The van der Waals surface area contributed by atoms with Crippen molar-refractivity contribution >= 4 is 33.3 Å². The molecule has 2 aromatic carbocycles. The van der Waals surface area contributed by atoms with Crippen molar-refractivity contribution in [2.75, 3.05) is 10.0 Å². The van der Waals surface area contributed by atoms with E-state index in [0.29, 0.717) is 5.82 Å². The number of sulfonamides is 1. The third kappa shape index (κ3) is 6.26. The molecule has 4 rings (SSSR count). The molecule has 39 heavy (non-hydrogen) atoms. The van der Waals surface area contributed by atoms with Crippen molar-refractivity contribution in [1.82, 2.24) is 15.2 Å². The van der Waals surface area contributed by atoms with Crippen LogP contribution in [0.15, 0.2) is 54.7 Å². The zero-order valence-corrected chi connectivity index (χ0v) is 20.8. The number of hydrogen-bond acceptors (Lipinski definition) is 7. The molecule has 15 heteroatoms. The number of aromatic nitrogens is 3. The second-order valence-corrected chi connectivity index (χ2v) is 9.84. The van der Waals surface area contributed by atoms with Crippen LogP contribution in [0.1, 0.15) is 21.5 Å². The number of aromatic amines is 1. The molecule has 0 bridgehead atoms. The number of carbonyl (C=O) groups is 1. The van der Waals surface area contributed by atoms with E-state index in [9.17, 15) is 30.8 Å². The summed E-state index contributed by atoms with van der Waals surface area (Å²) < 4.78 is 83.8. The van der Waals surface area contributed by atoms with E-state index in [4.69, 9.17) is 10.5 Å². The van der Waals surface area contributed by atoms with E-state index in [0.717, 1.165) is 23.8 Å². The third-order valence-corrected chi connectivity index (χ3v) is 6.28. The van der Waals surface area contributed by atoms with Gasteiger partial charge in [0.25, 0.3) is 15.9 Å². The van der Waals surface area contributed by atoms with Crippen LogP contribution in [0, 0.1) is 18.6 Å². The van der Waals surface area contributed by atoms with Crippen molar-refractivity contribution in [3.05, 3.63) is 83.1 Å². The number of amides is 1. The van der Waals surface area contributed by atoms with Crippen LogP contribution in [0.25, 0.3) is 11.3 Å². The normalized spacial score (nSPS) is 11.4. The lowest BCUT2D eigenvalue weighted by atomic mass is 10.1. The number of nitrogens with zero attached hydrogens (tertiary/aromatic N) is 2. The van der Waals surface area contributed by atoms with Crippen LogP contribution in [-0.4, -0.2) is 35.3 Å². The van der Waals surface area contributed by atoms with E-state index in [1.807, 2.05) is 6.92 Å². The van der Waals surface area contributed by atoms with Crippen molar-refractivity contribution in [3.8, 4) is 17.0 Å². The van der Waals surface area contributed by atoms with Gasteiger partial charge in [-0.3, -0.25) is 14.6 Å². The van der Waals surface area contributed by atoms with Crippen molar-refractivity contribution < 1.29 is 35.5 Å². The van der Waals surface area contributed by atoms with Crippen molar-refractivity contribution in [1.29, 1.82) is 0 Å². The van der Waals surface area contributed by atoms with Gasteiger partial charge in [-0.1, -0.05) is 18.2 Å². The Hall–Kier alpha value is -4.66. The minimum Gasteiger partial charge on any atom is -0.487 e. The van der Waals surface area contributed by atoms with Gasteiger partial charge in [-0.25, -0.2) is 22.2 Å². The zero-order valence-electron chi connectivity index (χ0n) is 20.0. The number of primary amides is 1. The van der Waals surface area contributed by atoms with Crippen molar-refractivity contribution in [2.45, 2.75) is 19.3 Å². The lowest BCUT2D eigenvalue weighted by molar-refractivity contribution is 0.100. The fourth-order valence-electron chi connectivity index (χ4n) is 3.41. The molecule has 0 aliphatic heterocycles. The fourth-order valence-corrected chi connectivity index (χ4v) is 3.98. The highest BCUT2D eigenvalue weighted by Crippen LogP contribution is 2.35. The number of hydrogen-bond donors (Lipinski definition) is 4. The van der Waals surface area contributed by atoms with Gasteiger partial charge in [-0.15, -0.1) is 0 Å². The molecule has 0 fully saturated rings. The molecule has 0 aliphatic rings. The topological polar surface area (TPSA) is 152 Å². The quantitative estimate of drug-likeness (QED) is 0.208. The minimum absolute atomic E-state index is 0.0422. The van der Waals surface area contributed by atoms with E-state index in [1.54, 1.807) is 23.1 Å². The molecule has 0 saturated carbocycles. The Kier molecular flexibility index (Phi) is 7.71. The minimum atomic E-state index is -5.09. The molecule has 0 saturated heterocycles. The number of pyridine rings is 1. The summed E-state index contributed by atoms with van der Waals surface area (Å²) in [6.45, 7) is 1.46. The first-order valence-corrected chi connectivity index (χ1v) is 12.6. The first-order valence-electron chi connectivity index (χ1n) is 11.0. The maximum absolute atomic E-state index is 13.6. The highest BCUT2D eigenvalue weighted by atomic mass is 32.2. The molecular weight excluding hydrogens is 544 g/mol. The summed E-state index contributed by atoms with van der Waals surface area (Å²) in [4.78, 5) is 16.5. The number of ether oxygens (including phenoxy) is 1. The summed E-state index contributed by atoms with van der Waals surface area (Å²) in [7, 11) is -5.09. The average molecular weight is 565 g/mol. The van der Waals surface area contributed by atoms with Crippen molar-refractivity contribution in [3.63, 3.8) is 0 Å². The van der Waals surface area contributed by atoms with E-state index in [2.05, 4.69) is 20.5 Å². The first-order chi connectivity index (χ1) is 18.4. The summed E-state index contributed by atoms with van der Waals surface area (Å²) >= 11 is 0. The summed E-state index contributed by atoms with van der Waals surface area (Å²) in [5, 5.41) is 9.60. The molecule has 5 N–H and O–H groups in total. The molecular formula is C24H20F4N6O4S. The molecule has 204 valence electrons.